The fourth-order valence-corrected chi connectivity index (χ4v) is 2.74. The fourth-order valence-electron chi connectivity index (χ4n) is 1.50. The number of thiazole rings is 1. The third-order valence-electron chi connectivity index (χ3n) is 2.36. The summed E-state index contributed by atoms with van der Waals surface area (Å²) >= 11 is 13.6. The van der Waals surface area contributed by atoms with Gasteiger partial charge in [0.05, 0.1) is 17.2 Å². The van der Waals surface area contributed by atoms with Gasteiger partial charge in [-0.25, -0.2) is 4.98 Å². The molecule has 2 N–H and O–H groups in total. The van der Waals surface area contributed by atoms with E-state index in [1.54, 1.807) is 23.7 Å². The molecule has 0 radical (unpaired) electrons. The maximum absolute atomic E-state index is 6.16. The van der Waals surface area contributed by atoms with Gasteiger partial charge in [-0.2, -0.15) is 0 Å². The van der Waals surface area contributed by atoms with E-state index in [9.17, 15) is 0 Å². The molecule has 5 heteroatoms. The van der Waals surface area contributed by atoms with Crippen molar-refractivity contribution in [1.82, 2.24) is 4.98 Å². The third-order valence-corrected chi connectivity index (χ3v) is 3.95. The summed E-state index contributed by atoms with van der Waals surface area (Å²) in [4.78, 5) is 5.20. The molecule has 0 bridgehead atoms. The van der Waals surface area contributed by atoms with Crippen LogP contribution < -0.4 is 5.73 Å². The predicted molar refractivity (Wildman–Crippen MR) is 69.3 cm³/mol. The molecule has 0 saturated carbocycles. The lowest BCUT2D eigenvalue weighted by atomic mass is 10.1. The Bertz CT molecular complexity index is 510. The van der Waals surface area contributed by atoms with Crippen molar-refractivity contribution < 1.29 is 0 Å². The number of benzene rings is 1. The average Bonchev–Trinajstić information content (AvgIpc) is 2.67. The zero-order valence-electron chi connectivity index (χ0n) is 8.58. The molecule has 1 heterocycles. The summed E-state index contributed by atoms with van der Waals surface area (Å²) in [6, 6.07) is 5.04. The first-order valence-corrected chi connectivity index (χ1v) is 6.33. The molecule has 1 aromatic heterocycles. The summed E-state index contributed by atoms with van der Waals surface area (Å²) in [5.74, 6) is 0. The highest BCUT2D eigenvalue weighted by Crippen LogP contribution is 2.31. The quantitative estimate of drug-likeness (QED) is 0.903. The first kappa shape index (κ1) is 11.9. The number of aryl methyl sites for hydroxylation is 1. The Hall–Kier alpha value is -0.610. The van der Waals surface area contributed by atoms with Crippen LogP contribution in [0.15, 0.2) is 23.7 Å². The van der Waals surface area contributed by atoms with Gasteiger partial charge in [0.1, 0.15) is 0 Å². The molecular weight excluding hydrogens is 263 g/mol. The fraction of sp³-hybridized carbons (Fsp3) is 0.182. The van der Waals surface area contributed by atoms with Gasteiger partial charge in [0.2, 0.25) is 0 Å². The SMILES string of the molecule is Cc1ncsc1C(N)c1cc(Cl)ccc1Cl. The molecule has 2 nitrogen and oxygen atoms in total. The van der Waals surface area contributed by atoms with Crippen molar-refractivity contribution in [3.05, 3.63) is 49.9 Å². The Kier molecular flexibility index (Phi) is 3.50. The minimum atomic E-state index is -0.265. The molecule has 16 heavy (non-hydrogen) atoms. The summed E-state index contributed by atoms with van der Waals surface area (Å²) in [5, 5.41) is 1.27. The van der Waals surface area contributed by atoms with E-state index in [2.05, 4.69) is 4.98 Å². The zero-order valence-corrected chi connectivity index (χ0v) is 10.9. The minimum Gasteiger partial charge on any atom is -0.320 e. The molecule has 0 aliphatic heterocycles. The van der Waals surface area contributed by atoms with Crippen molar-refractivity contribution in [2.24, 2.45) is 5.73 Å². The van der Waals surface area contributed by atoms with Gasteiger partial charge in [-0.1, -0.05) is 23.2 Å². The smallest absolute Gasteiger partial charge is 0.0798 e. The van der Waals surface area contributed by atoms with Crippen LogP contribution in [0.2, 0.25) is 10.0 Å². The topological polar surface area (TPSA) is 38.9 Å². The van der Waals surface area contributed by atoms with E-state index in [1.165, 1.54) is 11.3 Å². The van der Waals surface area contributed by atoms with Crippen LogP contribution in [0.4, 0.5) is 0 Å². The number of hydrogen-bond donors (Lipinski definition) is 1. The number of aromatic nitrogens is 1. The summed E-state index contributed by atoms with van der Waals surface area (Å²) in [7, 11) is 0. The molecule has 0 saturated heterocycles. The van der Waals surface area contributed by atoms with Crippen molar-refractivity contribution in [1.29, 1.82) is 0 Å². The third kappa shape index (κ3) is 2.23. The predicted octanol–water partition coefficient (Wildman–Crippen LogP) is 3.81. The number of nitrogens with zero attached hydrogens (tertiary/aromatic N) is 1. The van der Waals surface area contributed by atoms with E-state index in [0.29, 0.717) is 10.0 Å². The Morgan fingerprint density at radius 3 is 2.75 bits per heavy atom. The summed E-state index contributed by atoms with van der Waals surface area (Å²) in [6.07, 6.45) is 0. The normalized spacial score (nSPS) is 12.8. The molecule has 0 fully saturated rings. The van der Waals surface area contributed by atoms with Gasteiger partial charge in [-0.15, -0.1) is 11.3 Å². The molecular formula is C11H10Cl2N2S. The van der Waals surface area contributed by atoms with Crippen LogP contribution in [-0.2, 0) is 0 Å². The monoisotopic (exact) mass is 272 g/mol. The molecule has 1 unspecified atom stereocenters. The van der Waals surface area contributed by atoms with Gasteiger partial charge in [-0.3, -0.25) is 0 Å². The Morgan fingerprint density at radius 1 is 1.38 bits per heavy atom. The number of rotatable bonds is 2. The van der Waals surface area contributed by atoms with Gasteiger partial charge in [0.25, 0.3) is 0 Å². The molecule has 1 atom stereocenters. The summed E-state index contributed by atoms with van der Waals surface area (Å²) in [6.45, 7) is 1.93. The number of nitrogens with two attached hydrogens (primary N) is 1. The van der Waals surface area contributed by atoms with Crippen molar-refractivity contribution in [2.75, 3.05) is 0 Å². The van der Waals surface area contributed by atoms with E-state index in [-0.39, 0.29) is 6.04 Å². The lowest BCUT2D eigenvalue weighted by Crippen LogP contribution is -2.12. The zero-order chi connectivity index (χ0) is 11.7. The van der Waals surface area contributed by atoms with E-state index in [1.807, 2.05) is 6.92 Å². The molecule has 0 amide bonds. The van der Waals surface area contributed by atoms with Gasteiger partial charge in [0, 0.05) is 14.9 Å². The van der Waals surface area contributed by atoms with Crippen LogP contribution in [0.1, 0.15) is 22.2 Å². The van der Waals surface area contributed by atoms with Crippen LogP contribution in [0.3, 0.4) is 0 Å². The molecule has 1 aromatic carbocycles. The van der Waals surface area contributed by atoms with Crippen molar-refractivity contribution in [2.45, 2.75) is 13.0 Å². The molecule has 84 valence electrons. The van der Waals surface area contributed by atoms with E-state index in [0.717, 1.165) is 16.1 Å². The molecule has 2 rings (SSSR count). The second-order valence-electron chi connectivity index (χ2n) is 3.45. The highest BCUT2D eigenvalue weighted by molar-refractivity contribution is 7.09. The maximum Gasteiger partial charge on any atom is 0.0798 e. The Morgan fingerprint density at radius 2 is 2.12 bits per heavy atom. The van der Waals surface area contributed by atoms with Crippen LogP contribution >= 0.6 is 34.5 Å². The molecule has 0 spiro atoms. The Labute approximate surface area is 108 Å². The van der Waals surface area contributed by atoms with Gasteiger partial charge >= 0.3 is 0 Å². The van der Waals surface area contributed by atoms with E-state index < -0.39 is 0 Å². The maximum atomic E-state index is 6.16. The standard InChI is InChI=1S/C11H10Cl2N2S/c1-6-11(16-5-15-6)10(14)8-4-7(12)2-3-9(8)13/h2-5,10H,14H2,1H3. The van der Waals surface area contributed by atoms with Crippen LogP contribution in [0.5, 0.6) is 0 Å². The minimum absolute atomic E-state index is 0.265. The van der Waals surface area contributed by atoms with Crippen LogP contribution in [0, 0.1) is 6.92 Å². The summed E-state index contributed by atoms with van der Waals surface area (Å²) in [5.41, 5.74) is 9.71. The van der Waals surface area contributed by atoms with Crippen LogP contribution in [-0.4, -0.2) is 4.98 Å². The number of hydrogen-bond acceptors (Lipinski definition) is 3. The second kappa shape index (κ2) is 4.72. The number of halogens is 2. The summed E-state index contributed by atoms with van der Waals surface area (Å²) < 4.78 is 0. The Balaban J connectivity index is 2.45. The van der Waals surface area contributed by atoms with Gasteiger partial charge < -0.3 is 5.73 Å². The highest BCUT2D eigenvalue weighted by atomic mass is 35.5. The van der Waals surface area contributed by atoms with Gasteiger partial charge in [0.15, 0.2) is 0 Å². The first-order valence-electron chi connectivity index (χ1n) is 4.70. The van der Waals surface area contributed by atoms with Gasteiger partial charge in [-0.05, 0) is 30.7 Å². The highest BCUT2D eigenvalue weighted by Gasteiger charge is 2.16. The molecule has 0 aliphatic rings. The lowest BCUT2D eigenvalue weighted by Gasteiger charge is -2.13. The molecule has 2 aromatic rings. The average molecular weight is 273 g/mol. The van der Waals surface area contributed by atoms with E-state index in [4.69, 9.17) is 28.9 Å². The lowest BCUT2D eigenvalue weighted by molar-refractivity contribution is 0.878. The second-order valence-corrected chi connectivity index (χ2v) is 5.18. The van der Waals surface area contributed by atoms with Crippen molar-refractivity contribution in [3.8, 4) is 0 Å². The molecule has 0 aliphatic carbocycles. The largest absolute Gasteiger partial charge is 0.320 e. The van der Waals surface area contributed by atoms with E-state index >= 15 is 0 Å². The van der Waals surface area contributed by atoms with Crippen molar-refractivity contribution >= 4 is 34.5 Å². The van der Waals surface area contributed by atoms with Crippen molar-refractivity contribution in [3.63, 3.8) is 0 Å². The first-order chi connectivity index (χ1) is 7.59. The van der Waals surface area contributed by atoms with Crippen LogP contribution in [0.25, 0.3) is 0 Å².